The lowest BCUT2D eigenvalue weighted by molar-refractivity contribution is -0.146. The lowest BCUT2D eigenvalue weighted by Gasteiger charge is -2.18. The molecule has 0 radical (unpaired) electrons. The Kier molecular flexibility index (Phi) is 5.02. The number of pyridine rings is 1. The van der Waals surface area contributed by atoms with Gasteiger partial charge in [-0.2, -0.15) is 0 Å². The number of nitrogens with zero attached hydrogens (tertiary/aromatic N) is 1. The van der Waals surface area contributed by atoms with Crippen molar-refractivity contribution in [2.24, 2.45) is 0 Å². The van der Waals surface area contributed by atoms with Gasteiger partial charge in [-0.3, -0.25) is 9.78 Å². The average molecular weight is 317 g/mol. The van der Waals surface area contributed by atoms with Gasteiger partial charge in [0.25, 0.3) is 0 Å². The summed E-state index contributed by atoms with van der Waals surface area (Å²) >= 11 is 0. The molecular weight excluding hydrogens is 298 g/mol. The molecule has 1 aromatic heterocycles. The van der Waals surface area contributed by atoms with Crippen LogP contribution in [0, 0.1) is 6.92 Å². The van der Waals surface area contributed by atoms with Crippen molar-refractivity contribution in [3.05, 3.63) is 101 Å². The van der Waals surface area contributed by atoms with Gasteiger partial charge in [0, 0.05) is 6.20 Å². The summed E-state index contributed by atoms with van der Waals surface area (Å²) in [7, 11) is 0. The van der Waals surface area contributed by atoms with Crippen molar-refractivity contribution in [2.75, 3.05) is 0 Å². The number of ether oxygens (including phenoxy) is 1. The first-order chi connectivity index (χ1) is 11.7. The van der Waals surface area contributed by atoms with Crippen LogP contribution >= 0.6 is 0 Å². The molecule has 3 rings (SSSR count). The van der Waals surface area contributed by atoms with Gasteiger partial charge >= 0.3 is 5.97 Å². The Morgan fingerprint density at radius 2 is 1.67 bits per heavy atom. The smallest absolute Gasteiger partial charge is 0.311 e. The van der Waals surface area contributed by atoms with Crippen LogP contribution in [0.25, 0.3) is 0 Å². The number of hydrogen-bond acceptors (Lipinski definition) is 3. The van der Waals surface area contributed by atoms with Crippen LogP contribution in [0.5, 0.6) is 0 Å². The molecule has 3 aromatic rings. The zero-order valence-electron chi connectivity index (χ0n) is 13.6. The van der Waals surface area contributed by atoms with Gasteiger partial charge in [0.05, 0.1) is 12.1 Å². The Morgan fingerprint density at radius 3 is 2.38 bits per heavy atom. The maximum atomic E-state index is 12.5. The summed E-state index contributed by atoms with van der Waals surface area (Å²) in [6, 6.07) is 23.2. The SMILES string of the molecule is Cc1ccccc1CC(=O)OC(c1ccccc1)c1ccccn1. The fraction of sp³-hybridized carbons (Fsp3) is 0.143. The third kappa shape index (κ3) is 3.87. The minimum absolute atomic E-state index is 0.253. The van der Waals surface area contributed by atoms with Crippen molar-refractivity contribution in [1.82, 2.24) is 4.98 Å². The first-order valence-corrected chi connectivity index (χ1v) is 7.94. The molecule has 0 saturated carbocycles. The van der Waals surface area contributed by atoms with Crippen molar-refractivity contribution in [3.63, 3.8) is 0 Å². The van der Waals surface area contributed by atoms with Gasteiger partial charge in [-0.05, 0) is 35.7 Å². The molecule has 120 valence electrons. The Labute approximate surface area is 142 Å². The van der Waals surface area contributed by atoms with E-state index in [0.717, 1.165) is 22.4 Å². The second-order valence-corrected chi connectivity index (χ2v) is 5.64. The van der Waals surface area contributed by atoms with Crippen molar-refractivity contribution >= 4 is 5.97 Å². The van der Waals surface area contributed by atoms with E-state index >= 15 is 0 Å². The van der Waals surface area contributed by atoms with Crippen LogP contribution in [-0.4, -0.2) is 11.0 Å². The molecule has 1 heterocycles. The van der Waals surface area contributed by atoms with E-state index in [4.69, 9.17) is 4.74 Å². The Morgan fingerprint density at radius 1 is 0.958 bits per heavy atom. The van der Waals surface area contributed by atoms with E-state index in [1.54, 1.807) is 6.20 Å². The molecule has 2 aromatic carbocycles. The van der Waals surface area contributed by atoms with E-state index in [1.807, 2.05) is 79.7 Å². The largest absolute Gasteiger partial charge is 0.451 e. The topological polar surface area (TPSA) is 39.2 Å². The number of aryl methyl sites for hydroxylation is 1. The maximum Gasteiger partial charge on any atom is 0.311 e. The molecule has 0 amide bonds. The van der Waals surface area contributed by atoms with Crippen molar-refractivity contribution in [1.29, 1.82) is 0 Å². The molecule has 3 nitrogen and oxygen atoms in total. The zero-order chi connectivity index (χ0) is 16.8. The van der Waals surface area contributed by atoms with Crippen LogP contribution in [0.4, 0.5) is 0 Å². The standard InChI is InChI=1S/C21H19NO2/c1-16-9-5-6-12-18(16)15-20(23)24-21(17-10-3-2-4-11-17)19-13-7-8-14-22-19/h2-14,21H,15H2,1H3. The fourth-order valence-corrected chi connectivity index (χ4v) is 2.60. The quantitative estimate of drug-likeness (QED) is 0.660. The average Bonchev–Trinajstić information content (AvgIpc) is 2.63. The van der Waals surface area contributed by atoms with Crippen LogP contribution in [0.1, 0.15) is 28.5 Å². The summed E-state index contributed by atoms with van der Waals surface area (Å²) in [5.41, 5.74) is 3.70. The second kappa shape index (κ2) is 7.55. The number of carbonyl (C=O) groups is 1. The lowest BCUT2D eigenvalue weighted by Crippen LogP contribution is -2.16. The highest BCUT2D eigenvalue weighted by molar-refractivity contribution is 5.73. The molecular formula is C21H19NO2. The van der Waals surface area contributed by atoms with E-state index < -0.39 is 6.10 Å². The minimum Gasteiger partial charge on any atom is -0.451 e. The highest BCUT2D eigenvalue weighted by atomic mass is 16.5. The van der Waals surface area contributed by atoms with Crippen molar-refractivity contribution in [3.8, 4) is 0 Å². The zero-order valence-corrected chi connectivity index (χ0v) is 13.6. The van der Waals surface area contributed by atoms with Crippen molar-refractivity contribution < 1.29 is 9.53 Å². The van der Waals surface area contributed by atoms with E-state index in [2.05, 4.69) is 4.98 Å². The van der Waals surface area contributed by atoms with E-state index in [-0.39, 0.29) is 12.4 Å². The summed E-state index contributed by atoms with van der Waals surface area (Å²) in [6.45, 7) is 2.00. The summed E-state index contributed by atoms with van der Waals surface area (Å²) in [6.07, 6.45) is 1.47. The molecule has 0 spiro atoms. The van der Waals surface area contributed by atoms with Crippen LogP contribution in [0.2, 0.25) is 0 Å². The number of benzene rings is 2. The van der Waals surface area contributed by atoms with Gasteiger partial charge in [0.1, 0.15) is 0 Å². The molecule has 1 atom stereocenters. The summed E-state index contributed by atoms with van der Waals surface area (Å²) in [4.78, 5) is 16.8. The van der Waals surface area contributed by atoms with Gasteiger partial charge in [-0.15, -0.1) is 0 Å². The van der Waals surface area contributed by atoms with Gasteiger partial charge in [0.2, 0.25) is 0 Å². The molecule has 24 heavy (non-hydrogen) atoms. The molecule has 1 unspecified atom stereocenters. The maximum absolute atomic E-state index is 12.5. The fourth-order valence-electron chi connectivity index (χ4n) is 2.60. The third-order valence-corrected chi connectivity index (χ3v) is 3.90. The van der Waals surface area contributed by atoms with E-state index in [1.165, 1.54) is 0 Å². The molecule has 0 bridgehead atoms. The monoisotopic (exact) mass is 317 g/mol. The molecule has 3 heteroatoms. The van der Waals surface area contributed by atoms with Crippen LogP contribution < -0.4 is 0 Å². The minimum atomic E-state index is -0.496. The third-order valence-electron chi connectivity index (χ3n) is 3.90. The highest BCUT2D eigenvalue weighted by Crippen LogP contribution is 2.25. The Bertz CT molecular complexity index is 761. The molecule has 0 aliphatic rings. The molecule has 0 fully saturated rings. The second-order valence-electron chi connectivity index (χ2n) is 5.64. The molecule has 0 saturated heterocycles. The summed E-state index contributed by atoms with van der Waals surface area (Å²) in [5.74, 6) is -0.260. The van der Waals surface area contributed by atoms with Gasteiger partial charge in [-0.25, -0.2) is 0 Å². The number of esters is 1. The lowest BCUT2D eigenvalue weighted by atomic mass is 10.0. The van der Waals surface area contributed by atoms with Crippen LogP contribution in [-0.2, 0) is 16.0 Å². The normalized spacial score (nSPS) is 11.7. The van der Waals surface area contributed by atoms with Crippen LogP contribution in [0.3, 0.4) is 0 Å². The first kappa shape index (κ1) is 15.9. The molecule has 0 aliphatic heterocycles. The number of carbonyl (C=O) groups excluding carboxylic acids is 1. The summed E-state index contributed by atoms with van der Waals surface area (Å²) in [5, 5.41) is 0. The van der Waals surface area contributed by atoms with Gasteiger partial charge in [-0.1, -0.05) is 60.7 Å². The van der Waals surface area contributed by atoms with Crippen LogP contribution in [0.15, 0.2) is 79.0 Å². The Hall–Kier alpha value is -2.94. The van der Waals surface area contributed by atoms with E-state index in [9.17, 15) is 4.79 Å². The highest BCUT2D eigenvalue weighted by Gasteiger charge is 2.20. The first-order valence-electron chi connectivity index (χ1n) is 7.94. The predicted molar refractivity (Wildman–Crippen MR) is 93.5 cm³/mol. The van der Waals surface area contributed by atoms with Crippen molar-refractivity contribution in [2.45, 2.75) is 19.4 Å². The van der Waals surface area contributed by atoms with E-state index in [0.29, 0.717) is 0 Å². The predicted octanol–water partition coefficient (Wildman–Crippen LogP) is 4.27. The van der Waals surface area contributed by atoms with Gasteiger partial charge < -0.3 is 4.74 Å². The Balaban J connectivity index is 1.82. The molecule has 0 aliphatic carbocycles. The van der Waals surface area contributed by atoms with Gasteiger partial charge in [0.15, 0.2) is 6.10 Å². The number of hydrogen-bond donors (Lipinski definition) is 0. The number of aromatic nitrogens is 1. The summed E-state index contributed by atoms with van der Waals surface area (Å²) < 4.78 is 5.78. The number of rotatable bonds is 5. The molecule has 0 N–H and O–H groups in total.